The van der Waals surface area contributed by atoms with Crippen LogP contribution in [0.1, 0.15) is 34.0 Å². The number of ether oxygens (including phenoxy) is 2. The van der Waals surface area contributed by atoms with Crippen molar-refractivity contribution in [2.75, 3.05) is 13.3 Å². The lowest BCUT2D eigenvalue weighted by Crippen LogP contribution is -2.62. The summed E-state index contributed by atoms with van der Waals surface area (Å²) in [5.41, 5.74) is 6.18. The Balaban J connectivity index is 1.30. The van der Waals surface area contributed by atoms with Gasteiger partial charge in [0.1, 0.15) is 12.6 Å². The molecule has 4 aromatic rings. The number of carbonyl (C=O) groups excluding carboxylic acids is 2. The predicted molar refractivity (Wildman–Crippen MR) is 134 cm³/mol. The molecule has 2 amide bonds. The minimum atomic E-state index is -0.558. The number of amides is 2. The average molecular weight is 480 g/mol. The maximum absolute atomic E-state index is 13.9. The van der Waals surface area contributed by atoms with Gasteiger partial charge in [0.15, 0.2) is 11.5 Å². The van der Waals surface area contributed by atoms with Gasteiger partial charge in [0.25, 0.3) is 0 Å². The second-order valence-corrected chi connectivity index (χ2v) is 9.78. The first-order chi connectivity index (χ1) is 17.6. The van der Waals surface area contributed by atoms with Crippen molar-refractivity contribution >= 4 is 22.7 Å². The van der Waals surface area contributed by atoms with Crippen molar-refractivity contribution in [3.8, 4) is 11.5 Å². The predicted octanol–water partition coefficient (Wildman–Crippen LogP) is 4.09. The number of carbonyl (C=O) groups is 2. The summed E-state index contributed by atoms with van der Waals surface area (Å²) in [6.45, 7) is 2.64. The first kappa shape index (κ1) is 21.1. The van der Waals surface area contributed by atoms with Crippen molar-refractivity contribution in [1.82, 2.24) is 14.8 Å². The van der Waals surface area contributed by atoms with Crippen LogP contribution in [-0.2, 0) is 22.6 Å². The van der Waals surface area contributed by atoms with Gasteiger partial charge in [-0.15, -0.1) is 0 Å². The lowest BCUT2D eigenvalue weighted by Gasteiger charge is -2.47. The highest BCUT2D eigenvalue weighted by Crippen LogP contribution is 2.43. The molecule has 0 radical (unpaired) electrons. The number of rotatable bonds is 3. The lowest BCUT2D eigenvalue weighted by molar-refractivity contribution is -0.159. The first-order valence-electron chi connectivity index (χ1n) is 12.2. The molecule has 180 valence electrons. The van der Waals surface area contributed by atoms with Crippen LogP contribution < -0.4 is 9.47 Å². The highest BCUT2D eigenvalue weighted by Gasteiger charge is 2.48. The number of hydrogen-bond acceptors (Lipinski definition) is 4. The van der Waals surface area contributed by atoms with E-state index in [2.05, 4.69) is 23.2 Å². The molecule has 2 atom stereocenters. The first-order valence-corrected chi connectivity index (χ1v) is 12.2. The number of hydrogen-bond donors (Lipinski definition) is 1. The molecule has 1 N–H and O–H groups in total. The van der Waals surface area contributed by atoms with Crippen molar-refractivity contribution in [3.63, 3.8) is 0 Å². The molecular formula is C29H25N3O4. The molecular weight excluding hydrogens is 454 g/mol. The van der Waals surface area contributed by atoms with Gasteiger partial charge in [-0.3, -0.25) is 9.59 Å². The zero-order valence-corrected chi connectivity index (χ0v) is 19.9. The van der Waals surface area contributed by atoms with Crippen LogP contribution in [0.15, 0.2) is 66.7 Å². The van der Waals surface area contributed by atoms with Crippen molar-refractivity contribution < 1.29 is 19.1 Å². The number of aromatic amines is 1. The zero-order chi connectivity index (χ0) is 24.4. The van der Waals surface area contributed by atoms with Crippen LogP contribution >= 0.6 is 0 Å². The number of aromatic nitrogens is 1. The second-order valence-electron chi connectivity index (χ2n) is 9.78. The van der Waals surface area contributed by atoms with Crippen LogP contribution in [0, 0.1) is 6.92 Å². The van der Waals surface area contributed by atoms with Gasteiger partial charge in [-0.1, -0.05) is 54.1 Å². The lowest BCUT2D eigenvalue weighted by atomic mass is 9.86. The van der Waals surface area contributed by atoms with Gasteiger partial charge < -0.3 is 24.3 Å². The van der Waals surface area contributed by atoms with Crippen LogP contribution in [0.2, 0.25) is 0 Å². The van der Waals surface area contributed by atoms with Crippen LogP contribution in [0.3, 0.4) is 0 Å². The Morgan fingerprint density at radius 2 is 1.83 bits per heavy atom. The molecule has 3 aliphatic heterocycles. The van der Waals surface area contributed by atoms with E-state index in [1.807, 2.05) is 60.4 Å². The smallest absolute Gasteiger partial charge is 0.246 e. The summed E-state index contributed by atoms with van der Waals surface area (Å²) < 4.78 is 10.9. The Kier molecular flexibility index (Phi) is 4.61. The Hall–Kier alpha value is -4.26. The van der Waals surface area contributed by atoms with E-state index >= 15 is 0 Å². The van der Waals surface area contributed by atoms with Gasteiger partial charge in [-0.05, 0) is 41.8 Å². The largest absolute Gasteiger partial charge is 0.454 e. The van der Waals surface area contributed by atoms with E-state index in [0.29, 0.717) is 24.5 Å². The number of nitrogens with zero attached hydrogens (tertiary/aromatic N) is 2. The van der Waals surface area contributed by atoms with Gasteiger partial charge in [0.2, 0.25) is 18.6 Å². The molecule has 0 spiro atoms. The van der Waals surface area contributed by atoms with Crippen LogP contribution in [0.25, 0.3) is 10.9 Å². The van der Waals surface area contributed by atoms with E-state index in [1.165, 1.54) is 0 Å². The topological polar surface area (TPSA) is 74.9 Å². The van der Waals surface area contributed by atoms with E-state index in [4.69, 9.17) is 9.47 Å². The molecule has 36 heavy (non-hydrogen) atoms. The fourth-order valence-electron chi connectivity index (χ4n) is 5.90. The molecule has 1 fully saturated rings. The van der Waals surface area contributed by atoms with Crippen molar-refractivity contribution in [2.24, 2.45) is 0 Å². The Morgan fingerprint density at radius 1 is 0.972 bits per heavy atom. The van der Waals surface area contributed by atoms with Gasteiger partial charge in [-0.2, -0.15) is 0 Å². The molecule has 1 aromatic heterocycles. The molecule has 7 heteroatoms. The molecule has 0 unspecified atom stereocenters. The maximum Gasteiger partial charge on any atom is 0.246 e. The third-order valence-corrected chi connectivity index (χ3v) is 7.51. The Bertz CT molecular complexity index is 1540. The van der Waals surface area contributed by atoms with E-state index in [1.54, 1.807) is 4.90 Å². The molecule has 7 nitrogen and oxygen atoms in total. The van der Waals surface area contributed by atoms with Gasteiger partial charge in [-0.25, -0.2) is 0 Å². The maximum atomic E-state index is 13.9. The normalized spacial score (nSPS) is 20.6. The van der Waals surface area contributed by atoms with E-state index in [-0.39, 0.29) is 31.2 Å². The molecule has 0 aliphatic carbocycles. The van der Waals surface area contributed by atoms with Gasteiger partial charge in [0.05, 0.1) is 6.04 Å². The van der Waals surface area contributed by atoms with Gasteiger partial charge >= 0.3 is 0 Å². The molecule has 4 heterocycles. The number of benzene rings is 3. The number of piperazine rings is 1. The van der Waals surface area contributed by atoms with Crippen LogP contribution in [0.4, 0.5) is 0 Å². The van der Waals surface area contributed by atoms with Crippen molar-refractivity contribution in [3.05, 3.63) is 94.7 Å². The molecule has 1 saturated heterocycles. The standard InChI is InChI=1S/C29H25N3O4/c1-17-5-4-6-19(11-17)28-27-21(20-7-2-3-8-22(20)30-27)13-23-29(34)31(15-26(33)32(23)28)14-18-9-10-24-25(12-18)36-16-35-24/h2-12,23,28,30H,13-16H2,1H3/t23-,28+/m0/s1. The third-order valence-electron chi connectivity index (χ3n) is 7.51. The molecule has 3 aromatic carbocycles. The summed E-state index contributed by atoms with van der Waals surface area (Å²) in [5.74, 6) is 1.30. The van der Waals surface area contributed by atoms with E-state index in [0.717, 1.165) is 38.9 Å². The summed E-state index contributed by atoms with van der Waals surface area (Å²) >= 11 is 0. The SMILES string of the molecule is Cc1cccc([C@@H]2c3[nH]c4ccccc4c3C[C@H]3C(=O)N(Cc4ccc5c(c4)OCO5)CC(=O)N23)c1. The molecule has 7 rings (SSSR count). The van der Waals surface area contributed by atoms with Crippen molar-refractivity contribution in [2.45, 2.75) is 32.0 Å². The molecule has 0 saturated carbocycles. The van der Waals surface area contributed by atoms with Crippen molar-refractivity contribution in [1.29, 1.82) is 0 Å². The van der Waals surface area contributed by atoms with E-state index < -0.39 is 6.04 Å². The highest BCUT2D eigenvalue weighted by atomic mass is 16.7. The second kappa shape index (κ2) is 7.88. The minimum absolute atomic E-state index is 0.0270. The molecule has 3 aliphatic rings. The Morgan fingerprint density at radius 3 is 2.72 bits per heavy atom. The van der Waals surface area contributed by atoms with Gasteiger partial charge in [0, 0.05) is 29.6 Å². The summed E-state index contributed by atoms with van der Waals surface area (Å²) in [4.78, 5) is 34.7. The summed E-state index contributed by atoms with van der Waals surface area (Å²) in [6.07, 6.45) is 0.490. The monoisotopic (exact) mass is 479 g/mol. The number of nitrogens with one attached hydrogen (secondary N) is 1. The number of fused-ring (bicyclic) bond motifs is 5. The third kappa shape index (κ3) is 3.19. The summed E-state index contributed by atoms with van der Waals surface area (Å²) in [7, 11) is 0. The summed E-state index contributed by atoms with van der Waals surface area (Å²) in [5, 5.41) is 1.11. The fraction of sp³-hybridized carbons (Fsp3) is 0.241. The number of para-hydroxylation sites is 1. The minimum Gasteiger partial charge on any atom is -0.454 e. The number of aryl methyl sites for hydroxylation is 1. The van der Waals surface area contributed by atoms with Crippen LogP contribution in [0.5, 0.6) is 11.5 Å². The quantitative estimate of drug-likeness (QED) is 0.480. The molecule has 0 bridgehead atoms. The Labute approximate surface area is 208 Å². The summed E-state index contributed by atoms with van der Waals surface area (Å²) in [6, 6.07) is 21.2. The number of H-pyrrole nitrogens is 1. The highest BCUT2D eigenvalue weighted by molar-refractivity contribution is 5.97. The van der Waals surface area contributed by atoms with E-state index in [9.17, 15) is 9.59 Å². The average Bonchev–Trinajstić information content (AvgIpc) is 3.50. The van der Waals surface area contributed by atoms with Crippen LogP contribution in [-0.4, -0.2) is 46.0 Å². The zero-order valence-electron chi connectivity index (χ0n) is 19.9. The fourth-order valence-corrected chi connectivity index (χ4v) is 5.90.